The molecule has 0 aromatic carbocycles. The van der Waals surface area contributed by atoms with Crippen LogP contribution in [0.1, 0.15) is 118 Å². The molecule has 220 valence electrons. The van der Waals surface area contributed by atoms with E-state index in [-0.39, 0.29) is 33.8 Å². The van der Waals surface area contributed by atoms with Crippen LogP contribution >= 0.6 is 0 Å². The summed E-state index contributed by atoms with van der Waals surface area (Å²) in [5, 5.41) is 14.7. The van der Waals surface area contributed by atoms with Crippen molar-refractivity contribution in [3.8, 4) is 0 Å². The van der Waals surface area contributed by atoms with Crippen molar-refractivity contribution in [2.45, 2.75) is 124 Å². The number of carbonyl (C=O) groups excluding carboxylic acids is 1. The Morgan fingerprint density at radius 1 is 1.12 bits per heavy atom. The number of ketones is 1. The highest BCUT2D eigenvalue weighted by atomic mass is 16.3. The standard InChI is InChI=1S/C35H53N3O2/c1-22(2)30-28(39)20-35(38-24(4)27-21-36-18-19-37-27)17-16-34(8)26(31(30)35)10-9-14-33(34,7)15-13-25-23(3)11-12-29(40)32(25,5)6/h18-19,21-23,25-26,29,38,40H,4,9-17,20H2,1-3,5-8H3/t23-,25?,26-,29+,33?,34-,35-/m1/s1. The molecule has 0 amide bonds. The average Bonchev–Trinajstić information content (AvgIpc) is 3.19. The molecular formula is C35H53N3O2. The number of nitrogens with one attached hydrogen (secondary N) is 1. The summed E-state index contributed by atoms with van der Waals surface area (Å²) in [6.45, 7) is 20.8. The van der Waals surface area contributed by atoms with Gasteiger partial charge < -0.3 is 10.4 Å². The van der Waals surface area contributed by atoms with E-state index < -0.39 is 0 Å². The first kappa shape index (κ1) is 29.5. The van der Waals surface area contributed by atoms with Gasteiger partial charge in [0.25, 0.3) is 0 Å². The van der Waals surface area contributed by atoms with E-state index in [1.54, 1.807) is 18.6 Å². The summed E-state index contributed by atoms with van der Waals surface area (Å²) in [6.07, 6.45) is 15.5. The third-order valence-corrected chi connectivity index (χ3v) is 12.6. The van der Waals surface area contributed by atoms with Crippen molar-refractivity contribution in [1.29, 1.82) is 0 Å². The SMILES string of the molecule is C=C(N[C@@]12CC[C@]3(C)[C@H](CCCC3(C)CCC3[C@H](C)CC[C@H](O)C3(C)C)C1=C(C(C)C)C(=O)C2)c1cnccn1. The van der Waals surface area contributed by atoms with Crippen molar-refractivity contribution in [3.05, 3.63) is 42.0 Å². The van der Waals surface area contributed by atoms with Crippen LogP contribution in [0, 0.1) is 39.9 Å². The average molecular weight is 548 g/mol. The summed E-state index contributed by atoms with van der Waals surface area (Å²) in [6, 6.07) is 0. The molecule has 3 fully saturated rings. The molecule has 3 saturated carbocycles. The number of aliphatic hydroxyl groups is 1. The maximum Gasteiger partial charge on any atom is 0.161 e. The summed E-state index contributed by atoms with van der Waals surface area (Å²) in [4.78, 5) is 22.5. The molecule has 5 rings (SSSR count). The fourth-order valence-corrected chi connectivity index (χ4v) is 9.88. The molecule has 5 nitrogen and oxygen atoms in total. The highest BCUT2D eigenvalue weighted by Gasteiger charge is 2.62. The van der Waals surface area contributed by atoms with Crippen molar-refractivity contribution in [1.82, 2.24) is 15.3 Å². The Labute approximate surface area is 242 Å². The minimum absolute atomic E-state index is 0.0411. The lowest BCUT2D eigenvalue weighted by Gasteiger charge is -2.62. The molecule has 1 aromatic rings. The van der Waals surface area contributed by atoms with Gasteiger partial charge in [0.1, 0.15) is 5.69 Å². The molecule has 4 aliphatic carbocycles. The van der Waals surface area contributed by atoms with Crippen molar-refractivity contribution < 1.29 is 9.90 Å². The van der Waals surface area contributed by atoms with E-state index in [0.717, 1.165) is 49.1 Å². The van der Waals surface area contributed by atoms with Gasteiger partial charge in [-0.1, -0.05) is 61.5 Å². The number of rotatable bonds is 7. The third kappa shape index (κ3) is 4.59. The summed E-state index contributed by atoms with van der Waals surface area (Å²) in [7, 11) is 0. The van der Waals surface area contributed by atoms with E-state index in [1.807, 2.05) is 0 Å². The van der Waals surface area contributed by atoms with Gasteiger partial charge in [-0.3, -0.25) is 14.8 Å². The lowest BCUT2D eigenvalue weighted by Crippen LogP contribution is -2.58. The van der Waals surface area contributed by atoms with E-state index in [1.165, 1.54) is 31.3 Å². The van der Waals surface area contributed by atoms with Crippen LogP contribution in [-0.2, 0) is 4.79 Å². The Kier molecular flexibility index (Phi) is 7.64. The van der Waals surface area contributed by atoms with Gasteiger partial charge in [-0.05, 0) is 102 Å². The highest BCUT2D eigenvalue weighted by molar-refractivity contribution is 6.01. The van der Waals surface area contributed by atoms with Gasteiger partial charge >= 0.3 is 0 Å². The number of Topliss-reactive ketones (excluding diaryl/α,β-unsaturated/α-hetero) is 1. The highest BCUT2D eigenvalue weighted by Crippen LogP contribution is 2.67. The van der Waals surface area contributed by atoms with E-state index in [2.05, 4.69) is 70.3 Å². The van der Waals surface area contributed by atoms with Crippen molar-refractivity contribution in [2.75, 3.05) is 0 Å². The van der Waals surface area contributed by atoms with Gasteiger partial charge in [-0.2, -0.15) is 0 Å². The van der Waals surface area contributed by atoms with Gasteiger partial charge in [0.2, 0.25) is 0 Å². The maximum atomic E-state index is 13.7. The topological polar surface area (TPSA) is 75.1 Å². The van der Waals surface area contributed by atoms with Crippen LogP contribution in [0.25, 0.3) is 5.70 Å². The number of aliphatic hydroxyl groups excluding tert-OH is 1. The van der Waals surface area contributed by atoms with E-state index in [4.69, 9.17) is 0 Å². The van der Waals surface area contributed by atoms with Crippen LogP contribution in [0.5, 0.6) is 0 Å². The molecule has 40 heavy (non-hydrogen) atoms. The van der Waals surface area contributed by atoms with Crippen LogP contribution in [0.4, 0.5) is 0 Å². The van der Waals surface area contributed by atoms with E-state index >= 15 is 0 Å². The van der Waals surface area contributed by atoms with Crippen LogP contribution in [-0.4, -0.2) is 32.5 Å². The molecular weight excluding hydrogens is 494 g/mol. The lowest BCUT2D eigenvalue weighted by atomic mass is 9.44. The molecule has 1 heterocycles. The first-order chi connectivity index (χ1) is 18.8. The lowest BCUT2D eigenvalue weighted by molar-refractivity contribution is -0.116. The Bertz CT molecular complexity index is 1170. The van der Waals surface area contributed by atoms with Gasteiger partial charge in [0, 0.05) is 18.8 Å². The zero-order valence-corrected chi connectivity index (χ0v) is 26.1. The zero-order chi connectivity index (χ0) is 29.1. The fourth-order valence-electron chi connectivity index (χ4n) is 9.88. The monoisotopic (exact) mass is 547 g/mol. The second-order valence-corrected chi connectivity index (χ2v) is 15.3. The minimum atomic E-state index is -0.377. The molecule has 2 N–H and O–H groups in total. The van der Waals surface area contributed by atoms with Crippen molar-refractivity contribution in [3.63, 3.8) is 0 Å². The molecule has 0 saturated heterocycles. The second-order valence-electron chi connectivity index (χ2n) is 15.3. The van der Waals surface area contributed by atoms with E-state index in [0.29, 0.717) is 30.0 Å². The normalized spacial score (nSPS) is 39.2. The zero-order valence-electron chi connectivity index (χ0n) is 26.1. The largest absolute Gasteiger partial charge is 0.393 e. The van der Waals surface area contributed by atoms with Crippen molar-refractivity contribution >= 4 is 11.5 Å². The Hall–Kier alpha value is -2.01. The number of aromatic nitrogens is 2. The molecule has 0 radical (unpaired) electrons. The number of allylic oxidation sites excluding steroid dienone is 1. The molecule has 2 unspecified atom stereocenters. The summed E-state index contributed by atoms with van der Waals surface area (Å²) >= 11 is 0. The summed E-state index contributed by atoms with van der Waals surface area (Å²) in [5.41, 5.74) is 3.88. The molecule has 5 heteroatoms. The van der Waals surface area contributed by atoms with Gasteiger partial charge in [-0.15, -0.1) is 0 Å². The van der Waals surface area contributed by atoms with Crippen LogP contribution < -0.4 is 5.32 Å². The minimum Gasteiger partial charge on any atom is -0.393 e. The number of fused-ring (bicyclic) bond motifs is 3. The Balaban J connectivity index is 1.48. The molecule has 7 atom stereocenters. The molecule has 1 aromatic heterocycles. The summed E-state index contributed by atoms with van der Waals surface area (Å²) in [5.74, 6) is 2.08. The van der Waals surface area contributed by atoms with E-state index in [9.17, 15) is 9.90 Å². The number of nitrogens with zero attached hydrogens (tertiary/aromatic N) is 2. The Morgan fingerprint density at radius 3 is 2.55 bits per heavy atom. The second kappa shape index (κ2) is 10.4. The Morgan fingerprint density at radius 2 is 1.88 bits per heavy atom. The predicted molar refractivity (Wildman–Crippen MR) is 162 cm³/mol. The first-order valence-corrected chi connectivity index (χ1v) is 15.9. The van der Waals surface area contributed by atoms with Gasteiger partial charge in [0.15, 0.2) is 5.78 Å². The first-order valence-electron chi connectivity index (χ1n) is 15.9. The summed E-state index contributed by atoms with van der Waals surface area (Å²) < 4.78 is 0. The number of carbonyl (C=O) groups is 1. The predicted octanol–water partition coefficient (Wildman–Crippen LogP) is 7.52. The van der Waals surface area contributed by atoms with Gasteiger partial charge in [0.05, 0.1) is 23.5 Å². The molecule has 0 bridgehead atoms. The van der Waals surface area contributed by atoms with Crippen molar-refractivity contribution in [2.24, 2.45) is 39.9 Å². The smallest absolute Gasteiger partial charge is 0.161 e. The molecule has 0 spiro atoms. The van der Waals surface area contributed by atoms with Crippen LogP contribution in [0.2, 0.25) is 0 Å². The quantitative estimate of drug-likeness (QED) is 0.369. The van der Waals surface area contributed by atoms with Crippen LogP contribution in [0.3, 0.4) is 0 Å². The number of hydrogen-bond donors (Lipinski definition) is 2. The van der Waals surface area contributed by atoms with Gasteiger partial charge in [-0.25, -0.2) is 0 Å². The third-order valence-electron chi connectivity index (χ3n) is 12.6. The fraction of sp³-hybridized carbons (Fsp3) is 0.743. The molecule has 0 aliphatic heterocycles. The van der Waals surface area contributed by atoms with Crippen LogP contribution in [0.15, 0.2) is 36.3 Å². The number of hydrogen-bond acceptors (Lipinski definition) is 5. The molecule has 4 aliphatic rings. The maximum absolute atomic E-state index is 13.7.